The highest BCUT2D eigenvalue weighted by atomic mass is 35.5. The molecule has 2 aromatic carbocycles. The molecule has 1 aliphatic heterocycles. The number of hydrazone groups is 1. The normalized spacial score (nSPS) is 13.3. The maximum Gasteiger partial charge on any atom is 0.0839 e. The summed E-state index contributed by atoms with van der Waals surface area (Å²) in [5.41, 5.74) is 3.03. The molecule has 3 rings (SSSR count). The highest BCUT2D eigenvalue weighted by molar-refractivity contribution is 6.33. The maximum absolute atomic E-state index is 6.24. The van der Waals surface area contributed by atoms with Crippen molar-refractivity contribution >= 4 is 35.3 Å². The van der Waals surface area contributed by atoms with E-state index in [1.807, 2.05) is 59.6 Å². The van der Waals surface area contributed by atoms with E-state index in [1.54, 1.807) is 6.21 Å². The number of nitrogens with zero attached hydrogens (tertiary/aromatic N) is 2. The zero-order valence-corrected chi connectivity index (χ0v) is 10.4. The smallest absolute Gasteiger partial charge is 0.0839 e. The predicted octanol–water partition coefficient (Wildman–Crippen LogP) is 4.49. The first kappa shape index (κ1) is 11.1. The van der Waals surface area contributed by atoms with Gasteiger partial charge in [-0.25, -0.2) is 5.01 Å². The largest absolute Gasteiger partial charge is 0.232 e. The zero-order valence-electron chi connectivity index (χ0n) is 9.62. The second-order valence-corrected chi connectivity index (χ2v) is 4.35. The lowest BCUT2D eigenvalue weighted by Crippen LogP contribution is -2.09. The number of fused-ring (bicyclic) bond motifs is 1. The van der Waals surface area contributed by atoms with Gasteiger partial charge in [-0.2, -0.15) is 5.10 Å². The molecule has 18 heavy (non-hydrogen) atoms. The third kappa shape index (κ3) is 1.91. The second kappa shape index (κ2) is 4.67. The minimum Gasteiger partial charge on any atom is -0.232 e. The fraction of sp³-hybridized carbons (Fsp3) is 0. The van der Waals surface area contributed by atoms with Crippen LogP contribution in [0, 0.1) is 0 Å². The van der Waals surface area contributed by atoms with Crippen molar-refractivity contribution in [2.24, 2.45) is 5.10 Å². The summed E-state index contributed by atoms with van der Waals surface area (Å²) in [6.07, 6.45) is 5.73. The van der Waals surface area contributed by atoms with Crippen LogP contribution in [-0.4, -0.2) is 6.21 Å². The summed E-state index contributed by atoms with van der Waals surface area (Å²) in [5, 5.41) is 6.98. The van der Waals surface area contributed by atoms with Crippen molar-refractivity contribution in [3.8, 4) is 0 Å². The molecule has 0 saturated carbocycles. The van der Waals surface area contributed by atoms with E-state index in [0.717, 1.165) is 16.9 Å². The number of anilines is 2. The molecular weight excluding hydrogens is 244 g/mol. The lowest BCUT2D eigenvalue weighted by atomic mass is 10.1. The van der Waals surface area contributed by atoms with Gasteiger partial charge in [0.2, 0.25) is 0 Å². The van der Waals surface area contributed by atoms with Crippen molar-refractivity contribution < 1.29 is 0 Å². The molecule has 0 fully saturated rings. The number of hydrogen-bond acceptors (Lipinski definition) is 2. The fourth-order valence-corrected chi connectivity index (χ4v) is 2.17. The molecule has 1 aliphatic rings. The maximum atomic E-state index is 6.24. The van der Waals surface area contributed by atoms with Crippen molar-refractivity contribution in [3.05, 3.63) is 65.2 Å². The van der Waals surface area contributed by atoms with E-state index < -0.39 is 0 Å². The summed E-state index contributed by atoms with van der Waals surface area (Å²) in [4.78, 5) is 0. The molecule has 88 valence electrons. The lowest BCUT2D eigenvalue weighted by Gasteiger charge is -2.21. The monoisotopic (exact) mass is 254 g/mol. The van der Waals surface area contributed by atoms with Crippen molar-refractivity contribution in [1.29, 1.82) is 0 Å². The predicted molar refractivity (Wildman–Crippen MR) is 77.6 cm³/mol. The minimum atomic E-state index is 0.686. The van der Waals surface area contributed by atoms with Gasteiger partial charge in [-0.1, -0.05) is 48.0 Å². The molecule has 0 unspecified atom stereocenters. The Morgan fingerprint density at radius 2 is 1.61 bits per heavy atom. The molecule has 1 heterocycles. The summed E-state index contributed by atoms with van der Waals surface area (Å²) in [6.45, 7) is 0. The molecule has 3 heteroatoms. The molecule has 0 atom stereocenters. The van der Waals surface area contributed by atoms with Gasteiger partial charge in [-0.05, 0) is 24.3 Å². The first-order valence-corrected chi connectivity index (χ1v) is 6.08. The Morgan fingerprint density at radius 3 is 2.44 bits per heavy atom. The van der Waals surface area contributed by atoms with E-state index in [2.05, 4.69) is 11.2 Å². The van der Waals surface area contributed by atoms with Crippen LogP contribution in [0.4, 0.5) is 11.4 Å². The first-order valence-electron chi connectivity index (χ1n) is 5.70. The van der Waals surface area contributed by atoms with Crippen LogP contribution in [0.5, 0.6) is 0 Å². The minimum absolute atomic E-state index is 0.686. The number of para-hydroxylation sites is 2. The topological polar surface area (TPSA) is 15.6 Å². The van der Waals surface area contributed by atoms with Crippen LogP contribution in [0.1, 0.15) is 5.56 Å². The Kier molecular flexibility index (Phi) is 2.87. The van der Waals surface area contributed by atoms with Gasteiger partial charge in [0.1, 0.15) is 0 Å². The van der Waals surface area contributed by atoms with E-state index in [4.69, 9.17) is 11.6 Å². The summed E-state index contributed by atoms with van der Waals surface area (Å²) >= 11 is 6.24. The molecule has 0 bridgehead atoms. The molecule has 2 aromatic rings. The van der Waals surface area contributed by atoms with Gasteiger partial charge in [0.15, 0.2) is 0 Å². The number of rotatable bonds is 1. The van der Waals surface area contributed by atoms with E-state index in [1.165, 1.54) is 0 Å². The van der Waals surface area contributed by atoms with E-state index >= 15 is 0 Å². The fourth-order valence-electron chi connectivity index (χ4n) is 1.95. The van der Waals surface area contributed by atoms with Gasteiger partial charge in [0.25, 0.3) is 0 Å². The number of benzene rings is 2. The molecule has 0 radical (unpaired) electrons. The van der Waals surface area contributed by atoms with E-state index in [0.29, 0.717) is 5.02 Å². The molecule has 0 amide bonds. The molecular formula is C15H11ClN2. The van der Waals surface area contributed by atoms with Crippen molar-refractivity contribution in [3.63, 3.8) is 0 Å². The SMILES string of the molecule is Clc1ccccc1N1N=CC=Cc2ccccc21. The van der Waals surface area contributed by atoms with Crippen molar-refractivity contribution in [1.82, 2.24) is 0 Å². The highest BCUT2D eigenvalue weighted by Crippen LogP contribution is 2.35. The number of halogens is 1. The van der Waals surface area contributed by atoms with Gasteiger partial charge < -0.3 is 0 Å². The van der Waals surface area contributed by atoms with Crippen molar-refractivity contribution in [2.75, 3.05) is 5.01 Å². The van der Waals surface area contributed by atoms with E-state index in [9.17, 15) is 0 Å². The third-order valence-electron chi connectivity index (χ3n) is 2.79. The summed E-state index contributed by atoms with van der Waals surface area (Å²) in [5.74, 6) is 0. The quantitative estimate of drug-likeness (QED) is 0.732. The van der Waals surface area contributed by atoms with Crippen LogP contribution in [-0.2, 0) is 0 Å². The van der Waals surface area contributed by atoms with E-state index in [-0.39, 0.29) is 0 Å². The van der Waals surface area contributed by atoms with Crippen molar-refractivity contribution in [2.45, 2.75) is 0 Å². The molecule has 0 aliphatic carbocycles. The average Bonchev–Trinajstić information content (AvgIpc) is 2.62. The number of hydrogen-bond donors (Lipinski definition) is 0. The lowest BCUT2D eigenvalue weighted by molar-refractivity contribution is 1.09. The second-order valence-electron chi connectivity index (χ2n) is 3.95. The van der Waals surface area contributed by atoms with Crippen LogP contribution in [0.2, 0.25) is 5.02 Å². The van der Waals surface area contributed by atoms with Crippen LogP contribution < -0.4 is 5.01 Å². The van der Waals surface area contributed by atoms with Gasteiger partial charge in [-0.3, -0.25) is 0 Å². The van der Waals surface area contributed by atoms with Gasteiger partial charge in [-0.15, -0.1) is 0 Å². The standard InChI is InChI=1S/C15H11ClN2/c16-13-8-2-4-10-15(13)18-14-9-3-1-6-12(14)7-5-11-17-18/h1-11H. The third-order valence-corrected chi connectivity index (χ3v) is 3.11. The zero-order chi connectivity index (χ0) is 12.4. The Balaban J connectivity index is 2.17. The van der Waals surface area contributed by atoms with Gasteiger partial charge in [0.05, 0.1) is 16.4 Å². The van der Waals surface area contributed by atoms with Crippen LogP contribution >= 0.6 is 11.6 Å². The van der Waals surface area contributed by atoms with Crippen LogP contribution in [0.3, 0.4) is 0 Å². The Morgan fingerprint density at radius 1 is 0.889 bits per heavy atom. The summed E-state index contributed by atoms with van der Waals surface area (Å²) < 4.78 is 0. The average molecular weight is 255 g/mol. The Bertz CT molecular complexity index is 632. The van der Waals surface area contributed by atoms with Gasteiger partial charge in [0, 0.05) is 11.8 Å². The molecule has 0 N–H and O–H groups in total. The van der Waals surface area contributed by atoms with Crippen LogP contribution in [0.15, 0.2) is 59.7 Å². The Labute approximate surface area is 111 Å². The summed E-state index contributed by atoms with van der Waals surface area (Å²) in [7, 11) is 0. The number of allylic oxidation sites excluding steroid dienone is 1. The summed E-state index contributed by atoms with van der Waals surface area (Å²) in [6, 6.07) is 15.8. The molecule has 0 spiro atoms. The molecule has 0 aromatic heterocycles. The first-order chi connectivity index (χ1) is 8.86. The van der Waals surface area contributed by atoms with Crippen LogP contribution in [0.25, 0.3) is 6.08 Å². The molecule has 2 nitrogen and oxygen atoms in total. The molecule has 0 saturated heterocycles. The van der Waals surface area contributed by atoms with Gasteiger partial charge >= 0.3 is 0 Å². The highest BCUT2D eigenvalue weighted by Gasteiger charge is 2.14. The Hall–Kier alpha value is -2.06.